The Kier molecular flexibility index (Phi) is 6.50. The predicted octanol–water partition coefficient (Wildman–Crippen LogP) is 5.69. The number of ether oxygens (including phenoxy) is 1. The summed E-state index contributed by atoms with van der Waals surface area (Å²) in [6.45, 7) is 2.41. The maximum absolute atomic E-state index is 13.4. The number of benzene rings is 2. The second kappa shape index (κ2) is 9.71. The number of fused-ring (bicyclic) bond motifs is 2. The molecule has 0 bridgehead atoms. The second-order valence-electron chi connectivity index (χ2n) is 9.46. The highest BCUT2D eigenvalue weighted by molar-refractivity contribution is 6.31. The molecule has 2 aliphatic heterocycles. The fourth-order valence-electron chi connectivity index (χ4n) is 5.20. The summed E-state index contributed by atoms with van der Waals surface area (Å²) in [4.78, 5) is 28.3. The quantitative estimate of drug-likeness (QED) is 0.485. The van der Waals surface area contributed by atoms with Gasteiger partial charge in [-0.25, -0.2) is 0 Å². The average molecular weight is 481 g/mol. The number of amides is 2. The van der Waals surface area contributed by atoms with Gasteiger partial charge in [-0.15, -0.1) is 0 Å². The molecule has 3 heterocycles. The van der Waals surface area contributed by atoms with Gasteiger partial charge in [0, 0.05) is 35.5 Å². The molecule has 0 radical (unpaired) electrons. The molecule has 1 N–H and O–H groups in total. The molecule has 2 amide bonds. The summed E-state index contributed by atoms with van der Waals surface area (Å²) in [7, 11) is 0. The van der Waals surface area contributed by atoms with Crippen LogP contribution in [0.25, 0.3) is 11.0 Å². The first kappa shape index (κ1) is 22.8. The molecular weight excluding hydrogens is 452 g/mol. The highest BCUT2D eigenvalue weighted by Gasteiger charge is 2.38. The first-order valence-electron chi connectivity index (χ1n) is 12.0. The van der Waals surface area contributed by atoms with Crippen molar-refractivity contribution in [2.24, 2.45) is 5.41 Å². The Bertz CT molecular complexity index is 1210. The number of halogens is 1. The third-order valence-electron chi connectivity index (χ3n) is 7.00. The van der Waals surface area contributed by atoms with E-state index in [2.05, 4.69) is 5.32 Å². The Morgan fingerprint density at radius 2 is 1.88 bits per heavy atom. The van der Waals surface area contributed by atoms with Crippen molar-refractivity contribution in [1.29, 1.82) is 0 Å². The Hall–Kier alpha value is -2.99. The number of furan rings is 1. The van der Waals surface area contributed by atoms with E-state index >= 15 is 0 Å². The fourth-order valence-corrected chi connectivity index (χ4v) is 5.38. The van der Waals surface area contributed by atoms with Crippen molar-refractivity contribution < 1.29 is 18.7 Å². The predicted molar refractivity (Wildman–Crippen MR) is 132 cm³/mol. The molecule has 0 aliphatic carbocycles. The lowest BCUT2D eigenvalue weighted by molar-refractivity contribution is 0.0444. The smallest absolute Gasteiger partial charge is 0.289 e. The summed E-state index contributed by atoms with van der Waals surface area (Å²) >= 11 is 6.09. The van der Waals surface area contributed by atoms with Crippen molar-refractivity contribution in [3.05, 3.63) is 64.9 Å². The van der Waals surface area contributed by atoms with E-state index in [0.717, 1.165) is 43.9 Å². The van der Waals surface area contributed by atoms with Crippen LogP contribution in [0.1, 0.15) is 59.4 Å². The van der Waals surface area contributed by atoms with Crippen molar-refractivity contribution in [2.45, 2.75) is 38.5 Å². The van der Waals surface area contributed by atoms with Crippen LogP contribution < -0.4 is 10.1 Å². The number of piperidine rings is 1. The first-order chi connectivity index (χ1) is 16.5. The van der Waals surface area contributed by atoms with E-state index in [1.165, 1.54) is 0 Å². The molecular formula is C27H29ClN2O4. The maximum Gasteiger partial charge on any atom is 0.289 e. The summed E-state index contributed by atoms with van der Waals surface area (Å²) in [5, 5.41) is 4.58. The van der Waals surface area contributed by atoms with Gasteiger partial charge in [-0.2, -0.15) is 0 Å². The van der Waals surface area contributed by atoms with Gasteiger partial charge in [-0.1, -0.05) is 36.6 Å². The molecule has 2 aliphatic rings. The number of carbonyl (C=O) groups is 2. The van der Waals surface area contributed by atoms with Gasteiger partial charge < -0.3 is 19.4 Å². The van der Waals surface area contributed by atoms with Crippen molar-refractivity contribution >= 4 is 34.4 Å². The normalized spacial score (nSPS) is 21.8. The van der Waals surface area contributed by atoms with Crippen LogP contribution >= 0.6 is 11.6 Å². The number of likely N-dealkylation sites (tertiary alicyclic amines) is 1. The van der Waals surface area contributed by atoms with Crippen LogP contribution in [-0.2, 0) is 0 Å². The van der Waals surface area contributed by atoms with Gasteiger partial charge in [-0.05, 0) is 62.1 Å². The van der Waals surface area contributed by atoms with Crippen LogP contribution in [-0.4, -0.2) is 43.0 Å². The lowest BCUT2D eigenvalue weighted by atomic mass is 9.75. The molecule has 34 heavy (non-hydrogen) atoms. The standard InChI is InChI=1S/C27H29ClN2O4/c28-20-9-10-22-19(15-20)16-24(34-22)26(32)30-13-6-12-27(18-30)11-4-1-5-14-33-23-8-3-2-7-21(23)25(31)29-17-27/h2-3,7-10,15-16H,1,4-6,11-14,17-18H2,(H,29,31). The summed E-state index contributed by atoms with van der Waals surface area (Å²) in [5.74, 6) is 0.716. The Balaban J connectivity index is 1.36. The molecule has 7 heteroatoms. The molecule has 178 valence electrons. The number of hydrogen-bond donors (Lipinski definition) is 1. The highest BCUT2D eigenvalue weighted by atomic mass is 35.5. The molecule has 1 atom stereocenters. The molecule has 1 spiro atoms. The lowest BCUT2D eigenvalue weighted by Crippen LogP contribution is -2.51. The number of carbonyl (C=O) groups excluding carboxylic acids is 2. The summed E-state index contributed by atoms with van der Waals surface area (Å²) in [6, 6.07) is 14.5. The number of rotatable bonds is 1. The minimum Gasteiger partial charge on any atom is -0.493 e. The highest BCUT2D eigenvalue weighted by Crippen LogP contribution is 2.36. The molecule has 1 aromatic heterocycles. The number of hydrogen-bond acceptors (Lipinski definition) is 4. The van der Waals surface area contributed by atoms with E-state index in [0.29, 0.717) is 53.9 Å². The van der Waals surface area contributed by atoms with Crippen molar-refractivity contribution in [3.63, 3.8) is 0 Å². The topological polar surface area (TPSA) is 71.8 Å². The zero-order valence-corrected chi connectivity index (χ0v) is 19.9. The molecule has 1 fully saturated rings. The zero-order chi connectivity index (χ0) is 23.5. The second-order valence-corrected chi connectivity index (χ2v) is 9.90. The Morgan fingerprint density at radius 3 is 2.79 bits per heavy atom. The average Bonchev–Trinajstić information content (AvgIpc) is 3.27. The van der Waals surface area contributed by atoms with Crippen molar-refractivity contribution in [3.8, 4) is 5.75 Å². The van der Waals surface area contributed by atoms with E-state index in [1.54, 1.807) is 30.3 Å². The van der Waals surface area contributed by atoms with Crippen molar-refractivity contribution in [1.82, 2.24) is 10.2 Å². The molecule has 2 aromatic carbocycles. The van der Waals surface area contributed by atoms with Crippen molar-refractivity contribution in [2.75, 3.05) is 26.2 Å². The lowest BCUT2D eigenvalue weighted by Gasteiger charge is -2.43. The van der Waals surface area contributed by atoms with Crippen LogP contribution in [0.5, 0.6) is 5.75 Å². The Morgan fingerprint density at radius 1 is 1.03 bits per heavy atom. The number of para-hydroxylation sites is 1. The van der Waals surface area contributed by atoms with Crippen LogP contribution in [0.15, 0.2) is 52.9 Å². The fraction of sp³-hybridized carbons (Fsp3) is 0.407. The van der Waals surface area contributed by atoms with E-state index in [4.69, 9.17) is 20.8 Å². The van der Waals surface area contributed by atoms with Gasteiger partial charge in [0.2, 0.25) is 0 Å². The number of nitrogens with one attached hydrogen (secondary N) is 1. The minimum atomic E-state index is -0.159. The van der Waals surface area contributed by atoms with Gasteiger partial charge in [0.1, 0.15) is 11.3 Å². The van der Waals surface area contributed by atoms with E-state index in [9.17, 15) is 9.59 Å². The number of nitrogens with zero attached hydrogens (tertiary/aromatic N) is 1. The molecule has 6 nitrogen and oxygen atoms in total. The molecule has 0 saturated carbocycles. The largest absolute Gasteiger partial charge is 0.493 e. The SMILES string of the molecule is O=C1NCC2(CCCCCOc3ccccc31)CCCN(C(=O)c1cc3cc(Cl)ccc3o1)C2. The third-order valence-corrected chi connectivity index (χ3v) is 7.24. The molecule has 5 rings (SSSR count). The van der Waals surface area contributed by atoms with Crippen LogP contribution in [0.4, 0.5) is 0 Å². The van der Waals surface area contributed by atoms with Gasteiger partial charge >= 0.3 is 0 Å². The van der Waals surface area contributed by atoms with Gasteiger partial charge in [0.05, 0.1) is 12.2 Å². The van der Waals surface area contributed by atoms with Gasteiger partial charge in [-0.3, -0.25) is 9.59 Å². The van der Waals surface area contributed by atoms with E-state index < -0.39 is 0 Å². The molecule has 3 aromatic rings. The third kappa shape index (κ3) is 4.78. The first-order valence-corrected chi connectivity index (χ1v) is 12.4. The van der Waals surface area contributed by atoms with E-state index in [-0.39, 0.29) is 17.2 Å². The maximum atomic E-state index is 13.4. The Labute approximate surface area is 204 Å². The van der Waals surface area contributed by atoms with Crippen LogP contribution in [0.3, 0.4) is 0 Å². The summed E-state index contributed by atoms with van der Waals surface area (Å²) < 4.78 is 11.7. The van der Waals surface area contributed by atoms with Crippen LogP contribution in [0, 0.1) is 5.41 Å². The monoisotopic (exact) mass is 480 g/mol. The van der Waals surface area contributed by atoms with E-state index in [1.807, 2.05) is 23.1 Å². The molecule has 1 saturated heterocycles. The summed E-state index contributed by atoms with van der Waals surface area (Å²) in [5.41, 5.74) is 1.05. The molecule has 1 unspecified atom stereocenters. The van der Waals surface area contributed by atoms with Gasteiger partial charge in [0.25, 0.3) is 11.8 Å². The minimum absolute atomic E-state index is 0.109. The summed E-state index contributed by atoms with van der Waals surface area (Å²) in [6.07, 6.45) is 5.85. The van der Waals surface area contributed by atoms with Gasteiger partial charge in [0.15, 0.2) is 5.76 Å². The zero-order valence-electron chi connectivity index (χ0n) is 19.1. The van der Waals surface area contributed by atoms with Crippen LogP contribution in [0.2, 0.25) is 5.02 Å².